The minimum Gasteiger partial charge on any atom is -0.459 e. The monoisotopic (exact) mass is 267 g/mol. The zero-order valence-corrected chi connectivity index (χ0v) is 12.0. The molecular formula is C13H21N3O3. The van der Waals surface area contributed by atoms with Crippen molar-refractivity contribution in [3.05, 3.63) is 11.7 Å². The van der Waals surface area contributed by atoms with Crippen molar-refractivity contribution >= 4 is 5.97 Å². The Kier molecular flexibility index (Phi) is 3.89. The summed E-state index contributed by atoms with van der Waals surface area (Å²) in [5.74, 6) is 1.00. The quantitative estimate of drug-likeness (QED) is 0.776. The summed E-state index contributed by atoms with van der Waals surface area (Å²) < 4.78 is 10.4. The minimum atomic E-state index is -0.450. The van der Waals surface area contributed by atoms with Crippen LogP contribution in [0.25, 0.3) is 0 Å². The Hall–Kier alpha value is -1.43. The van der Waals surface area contributed by atoms with Gasteiger partial charge in [0.15, 0.2) is 5.82 Å². The molecule has 0 amide bonds. The number of hydrogen-bond donors (Lipinski definition) is 0. The largest absolute Gasteiger partial charge is 0.459 e. The summed E-state index contributed by atoms with van der Waals surface area (Å²) in [5.41, 5.74) is -0.450. The highest BCUT2D eigenvalue weighted by Gasteiger charge is 2.34. The first-order valence-electron chi connectivity index (χ1n) is 6.61. The van der Waals surface area contributed by atoms with Crippen molar-refractivity contribution in [3.63, 3.8) is 0 Å². The molecule has 1 saturated heterocycles. The van der Waals surface area contributed by atoms with Crippen LogP contribution >= 0.6 is 0 Å². The van der Waals surface area contributed by atoms with Gasteiger partial charge < -0.3 is 9.26 Å². The number of aromatic nitrogens is 2. The molecule has 19 heavy (non-hydrogen) atoms. The van der Waals surface area contributed by atoms with Gasteiger partial charge in [0.2, 0.25) is 5.89 Å². The lowest BCUT2D eigenvalue weighted by molar-refractivity contribution is -0.160. The van der Waals surface area contributed by atoms with E-state index in [1.807, 2.05) is 20.8 Å². The van der Waals surface area contributed by atoms with Crippen LogP contribution in [0.15, 0.2) is 4.52 Å². The summed E-state index contributed by atoms with van der Waals surface area (Å²) >= 11 is 0. The molecule has 1 aliphatic heterocycles. The maximum atomic E-state index is 12.1. The molecule has 1 aliphatic rings. The highest BCUT2D eigenvalue weighted by molar-refractivity contribution is 5.76. The number of aryl methyl sites for hydroxylation is 1. The molecule has 6 heteroatoms. The number of esters is 1. The second-order valence-corrected chi connectivity index (χ2v) is 5.89. The number of likely N-dealkylation sites (tertiary alicyclic amines) is 1. The predicted octanol–water partition coefficient (Wildman–Crippen LogP) is 1.68. The van der Waals surface area contributed by atoms with Crippen molar-refractivity contribution in [2.24, 2.45) is 0 Å². The normalized spacial score (nSPS) is 20.7. The molecule has 106 valence electrons. The maximum absolute atomic E-state index is 12.1. The molecule has 2 heterocycles. The first kappa shape index (κ1) is 14.0. The van der Waals surface area contributed by atoms with Gasteiger partial charge in [0.05, 0.1) is 6.54 Å². The average molecular weight is 267 g/mol. The summed E-state index contributed by atoms with van der Waals surface area (Å²) in [4.78, 5) is 18.4. The van der Waals surface area contributed by atoms with Crippen LogP contribution in [0, 0.1) is 6.92 Å². The van der Waals surface area contributed by atoms with Gasteiger partial charge in [-0.05, 0) is 40.2 Å². The first-order chi connectivity index (χ1) is 8.85. The topological polar surface area (TPSA) is 68.5 Å². The van der Waals surface area contributed by atoms with Gasteiger partial charge in [0, 0.05) is 6.92 Å². The fraction of sp³-hybridized carbons (Fsp3) is 0.769. The standard InChI is InChI=1S/C13H21N3O3/c1-9-14-11(15-19-9)8-16-7-5-6-10(16)12(17)18-13(2,3)4/h10H,5-8H2,1-4H3/t10-/m1/s1. The second-order valence-electron chi connectivity index (χ2n) is 5.89. The van der Waals surface area contributed by atoms with Gasteiger partial charge in [-0.15, -0.1) is 0 Å². The number of carbonyl (C=O) groups excluding carboxylic acids is 1. The first-order valence-corrected chi connectivity index (χ1v) is 6.61. The van der Waals surface area contributed by atoms with Crippen molar-refractivity contribution in [3.8, 4) is 0 Å². The van der Waals surface area contributed by atoms with Gasteiger partial charge in [-0.2, -0.15) is 4.98 Å². The average Bonchev–Trinajstić information content (AvgIpc) is 2.86. The molecule has 0 unspecified atom stereocenters. The van der Waals surface area contributed by atoms with E-state index in [0.717, 1.165) is 19.4 Å². The summed E-state index contributed by atoms with van der Waals surface area (Å²) in [6.45, 7) is 8.79. The Morgan fingerprint density at radius 1 is 1.53 bits per heavy atom. The fourth-order valence-electron chi connectivity index (χ4n) is 2.24. The summed E-state index contributed by atoms with van der Waals surface area (Å²) in [5, 5.41) is 3.87. The fourth-order valence-corrected chi connectivity index (χ4v) is 2.24. The molecule has 1 atom stereocenters. The molecule has 0 N–H and O–H groups in total. The zero-order valence-electron chi connectivity index (χ0n) is 12.0. The van der Waals surface area contributed by atoms with E-state index in [4.69, 9.17) is 9.26 Å². The Bertz CT molecular complexity index is 450. The third-order valence-corrected chi connectivity index (χ3v) is 2.96. The van der Waals surface area contributed by atoms with E-state index in [2.05, 4.69) is 15.0 Å². The van der Waals surface area contributed by atoms with Crippen LogP contribution in [-0.2, 0) is 16.1 Å². The van der Waals surface area contributed by atoms with Gasteiger partial charge in [0.1, 0.15) is 11.6 Å². The number of nitrogens with zero attached hydrogens (tertiary/aromatic N) is 3. The maximum Gasteiger partial charge on any atom is 0.323 e. The SMILES string of the molecule is Cc1nc(CN2CCC[C@@H]2C(=O)OC(C)(C)C)no1. The molecule has 1 aromatic rings. The molecule has 0 spiro atoms. The summed E-state index contributed by atoms with van der Waals surface area (Å²) in [6, 6.07) is -0.196. The Morgan fingerprint density at radius 3 is 2.84 bits per heavy atom. The van der Waals surface area contributed by atoms with Crippen molar-refractivity contribution in [1.82, 2.24) is 15.0 Å². The van der Waals surface area contributed by atoms with Gasteiger partial charge in [-0.25, -0.2) is 0 Å². The van der Waals surface area contributed by atoms with Crippen molar-refractivity contribution in [2.45, 2.75) is 58.7 Å². The molecule has 0 aliphatic carbocycles. The van der Waals surface area contributed by atoms with E-state index < -0.39 is 5.60 Å². The number of rotatable bonds is 3. The highest BCUT2D eigenvalue weighted by atomic mass is 16.6. The highest BCUT2D eigenvalue weighted by Crippen LogP contribution is 2.22. The molecule has 0 aromatic carbocycles. The summed E-state index contributed by atoms with van der Waals surface area (Å²) in [7, 11) is 0. The molecule has 0 radical (unpaired) electrons. The molecule has 1 aromatic heterocycles. The molecule has 0 saturated carbocycles. The van der Waals surface area contributed by atoms with E-state index in [0.29, 0.717) is 18.3 Å². The minimum absolute atomic E-state index is 0.162. The smallest absolute Gasteiger partial charge is 0.323 e. The van der Waals surface area contributed by atoms with Crippen LogP contribution in [0.5, 0.6) is 0 Å². The molecular weight excluding hydrogens is 246 g/mol. The number of ether oxygens (including phenoxy) is 1. The van der Waals surface area contributed by atoms with Gasteiger partial charge >= 0.3 is 5.97 Å². The lowest BCUT2D eigenvalue weighted by Gasteiger charge is -2.26. The Balaban J connectivity index is 1.98. The third-order valence-electron chi connectivity index (χ3n) is 2.96. The molecule has 2 rings (SSSR count). The lowest BCUT2D eigenvalue weighted by atomic mass is 10.1. The predicted molar refractivity (Wildman–Crippen MR) is 68.3 cm³/mol. The second kappa shape index (κ2) is 5.28. The van der Waals surface area contributed by atoms with Crippen LogP contribution in [0.1, 0.15) is 45.3 Å². The van der Waals surface area contributed by atoms with Crippen LogP contribution in [0.2, 0.25) is 0 Å². The van der Waals surface area contributed by atoms with Gasteiger partial charge in [-0.3, -0.25) is 9.69 Å². The van der Waals surface area contributed by atoms with E-state index in [9.17, 15) is 4.79 Å². The van der Waals surface area contributed by atoms with Crippen LogP contribution in [0.4, 0.5) is 0 Å². The van der Waals surface area contributed by atoms with Crippen LogP contribution in [-0.4, -0.2) is 39.2 Å². The molecule has 1 fully saturated rings. The van der Waals surface area contributed by atoms with Crippen molar-refractivity contribution in [2.75, 3.05) is 6.54 Å². The van der Waals surface area contributed by atoms with E-state index >= 15 is 0 Å². The van der Waals surface area contributed by atoms with Gasteiger partial charge in [-0.1, -0.05) is 5.16 Å². The third kappa shape index (κ3) is 3.76. The Labute approximate surface area is 113 Å². The number of carbonyl (C=O) groups is 1. The zero-order chi connectivity index (χ0) is 14.0. The Morgan fingerprint density at radius 2 is 2.26 bits per heavy atom. The van der Waals surface area contributed by atoms with E-state index in [1.54, 1.807) is 6.92 Å². The summed E-state index contributed by atoms with van der Waals surface area (Å²) in [6.07, 6.45) is 1.81. The van der Waals surface area contributed by atoms with Crippen molar-refractivity contribution < 1.29 is 14.1 Å². The lowest BCUT2D eigenvalue weighted by Crippen LogP contribution is -2.40. The molecule has 6 nitrogen and oxygen atoms in total. The van der Waals surface area contributed by atoms with E-state index in [-0.39, 0.29) is 12.0 Å². The van der Waals surface area contributed by atoms with Crippen LogP contribution in [0.3, 0.4) is 0 Å². The van der Waals surface area contributed by atoms with E-state index in [1.165, 1.54) is 0 Å². The van der Waals surface area contributed by atoms with Crippen LogP contribution < -0.4 is 0 Å². The van der Waals surface area contributed by atoms with Gasteiger partial charge in [0.25, 0.3) is 0 Å². The molecule has 0 bridgehead atoms. The number of hydrogen-bond acceptors (Lipinski definition) is 6. The van der Waals surface area contributed by atoms with Crippen molar-refractivity contribution in [1.29, 1.82) is 0 Å².